The number of rotatable bonds is 9. The van der Waals surface area contributed by atoms with Gasteiger partial charge in [0.2, 0.25) is 0 Å². The zero-order valence-corrected chi connectivity index (χ0v) is 15.4. The predicted octanol–water partition coefficient (Wildman–Crippen LogP) is 3.44. The average molecular weight is 338 g/mol. The number of hydrogen-bond donors (Lipinski definition) is 2. The van der Waals surface area contributed by atoms with Crippen molar-refractivity contribution in [1.29, 1.82) is 0 Å². The Balaban J connectivity index is 1.73. The van der Waals surface area contributed by atoms with Crippen LogP contribution >= 0.6 is 11.3 Å². The Hall–Kier alpha value is -1.07. The fourth-order valence-corrected chi connectivity index (χ4v) is 4.03. The fourth-order valence-electron chi connectivity index (χ4n) is 3.33. The van der Waals surface area contributed by atoms with Crippen LogP contribution in [-0.2, 0) is 11.2 Å². The van der Waals surface area contributed by atoms with Gasteiger partial charge >= 0.3 is 0 Å². The van der Waals surface area contributed by atoms with E-state index in [1.807, 2.05) is 7.05 Å². The third-order valence-electron chi connectivity index (χ3n) is 4.79. The molecule has 1 aromatic rings. The third-order valence-corrected chi connectivity index (χ3v) is 5.52. The van der Waals surface area contributed by atoms with Gasteiger partial charge in [-0.25, -0.2) is 0 Å². The third kappa shape index (κ3) is 6.15. The summed E-state index contributed by atoms with van der Waals surface area (Å²) in [6.45, 7) is 5.68. The van der Waals surface area contributed by atoms with Gasteiger partial charge in [-0.2, -0.15) is 11.3 Å². The number of hydrogen-bond acceptors (Lipinski definition) is 3. The van der Waals surface area contributed by atoms with E-state index >= 15 is 0 Å². The minimum atomic E-state index is 0.389. The quantitative estimate of drug-likeness (QED) is 0.412. The molecular weight excluding hydrogens is 306 g/mol. The topological polar surface area (TPSA) is 45.6 Å². The summed E-state index contributed by atoms with van der Waals surface area (Å²) in [7, 11) is 1.85. The highest BCUT2D eigenvalue weighted by Crippen LogP contribution is 2.40. The standard InChI is InChI=1S/C18H31N3OS/c1-3-22-12-10-18(8-4-5-9-18)15-21-17(19-2)20-11-6-16-7-13-23-14-16/h7,13-14H,3-6,8-12,15H2,1-2H3,(H2,19,20,21). The SMILES string of the molecule is CCOCCC1(CNC(=NC)NCCc2ccsc2)CCCC1. The lowest BCUT2D eigenvalue weighted by atomic mass is 9.83. The van der Waals surface area contributed by atoms with Gasteiger partial charge in [0.25, 0.3) is 0 Å². The molecule has 4 nitrogen and oxygen atoms in total. The summed E-state index contributed by atoms with van der Waals surface area (Å²) in [4.78, 5) is 4.36. The van der Waals surface area contributed by atoms with Crippen LogP contribution in [0.1, 0.15) is 44.6 Å². The van der Waals surface area contributed by atoms with Crippen molar-refractivity contribution in [3.05, 3.63) is 22.4 Å². The first-order valence-electron chi connectivity index (χ1n) is 8.81. The van der Waals surface area contributed by atoms with Crippen molar-refractivity contribution in [1.82, 2.24) is 10.6 Å². The smallest absolute Gasteiger partial charge is 0.191 e. The van der Waals surface area contributed by atoms with Gasteiger partial charge in [-0.1, -0.05) is 12.8 Å². The van der Waals surface area contributed by atoms with Gasteiger partial charge in [0.1, 0.15) is 0 Å². The maximum absolute atomic E-state index is 5.59. The molecule has 0 atom stereocenters. The summed E-state index contributed by atoms with van der Waals surface area (Å²) in [6, 6.07) is 2.18. The van der Waals surface area contributed by atoms with Crippen molar-refractivity contribution in [2.45, 2.75) is 45.4 Å². The molecule has 0 aromatic carbocycles. The fraction of sp³-hybridized carbons (Fsp3) is 0.722. The normalized spacial score (nSPS) is 17.4. The summed E-state index contributed by atoms with van der Waals surface area (Å²) in [5.74, 6) is 0.919. The van der Waals surface area contributed by atoms with Crippen LogP contribution in [-0.4, -0.2) is 39.3 Å². The van der Waals surface area contributed by atoms with Gasteiger partial charge in [-0.15, -0.1) is 0 Å². The second-order valence-electron chi connectivity index (χ2n) is 6.39. The van der Waals surface area contributed by atoms with Crippen molar-refractivity contribution in [3.8, 4) is 0 Å². The van der Waals surface area contributed by atoms with Crippen LogP contribution < -0.4 is 10.6 Å². The van der Waals surface area contributed by atoms with E-state index < -0.39 is 0 Å². The first kappa shape index (κ1) is 18.3. The van der Waals surface area contributed by atoms with Gasteiger partial charge in [-0.3, -0.25) is 4.99 Å². The van der Waals surface area contributed by atoms with E-state index in [4.69, 9.17) is 4.74 Å². The first-order valence-corrected chi connectivity index (χ1v) is 9.76. The molecule has 1 fully saturated rings. The molecule has 2 N–H and O–H groups in total. The van der Waals surface area contributed by atoms with Crippen LogP contribution in [0.4, 0.5) is 0 Å². The molecule has 0 saturated heterocycles. The molecule has 1 heterocycles. The molecule has 1 aromatic heterocycles. The highest BCUT2D eigenvalue weighted by atomic mass is 32.1. The summed E-state index contributed by atoms with van der Waals surface area (Å²) >= 11 is 1.75. The first-order chi connectivity index (χ1) is 11.3. The van der Waals surface area contributed by atoms with Crippen LogP contribution in [0, 0.1) is 5.41 Å². The van der Waals surface area contributed by atoms with Crippen molar-refractivity contribution in [2.75, 3.05) is 33.4 Å². The molecule has 0 bridgehead atoms. The molecular formula is C18H31N3OS. The second kappa shape index (κ2) is 9.93. The molecule has 0 radical (unpaired) electrons. The number of ether oxygens (including phenoxy) is 1. The summed E-state index contributed by atoms with van der Waals surface area (Å²) in [5.41, 5.74) is 1.78. The van der Waals surface area contributed by atoms with E-state index in [-0.39, 0.29) is 0 Å². The molecule has 0 aliphatic heterocycles. The molecule has 0 unspecified atom stereocenters. The Bertz CT molecular complexity index is 453. The largest absolute Gasteiger partial charge is 0.382 e. The van der Waals surface area contributed by atoms with E-state index in [0.29, 0.717) is 5.41 Å². The zero-order valence-electron chi connectivity index (χ0n) is 14.6. The van der Waals surface area contributed by atoms with Gasteiger partial charge in [-0.05, 0) is 60.4 Å². The molecule has 1 saturated carbocycles. The van der Waals surface area contributed by atoms with Crippen LogP contribution in [0.15, 0.2) is 21.8 Å². The molecule has 23 heavy (non-hydrogen) atoms. The maximum Gasteiger partial charge on any atom is 0.191 e. The summed E-state index contributed by atoms with van der Waals surface area (Å²) in [6.07, 6.45) is 7.49. The molecule has 5 heteroatoms. The van der Waals surface area contributed by atoms with E-state index in [1.54, 1.807) is 11.3 Å². The lowest BCUT2D eigenvalue weighted by Crippen LogP contribution is -2.43. The van der Waals surface area contributed by atoms with Gasteiger partial charge in [0.15, 0.2) is 5.96 Å². The van der Waals surface area contributed by atoms with Crippen molar-refractivity contribution >= 4 is 17.3 Å². The van der Waals surface area contributed by atoms with E-state index in [9.17, 15) is 0 Å². The molecule has 2 rings (SSSR count). The minimum Gasteiger partial charge on any atom is -0.382 e. The summed E-state index contributed by atoms with van der Waals surface area (Å²) in [5, 5.41) is 11.3. The zero-order chi connectivity index (χ0) is 16.4. The molecule has 1 aliphatic rings. The van der Waals surface area contributed by atoms with Gasteiger partial charge < -0.3 is 15.4 Å². The molecule has 130 valence electrons. The molecule has 1 aliphatic carbocycles. The molecule has 0 spiro atoms. The highest BCUT2D eigenvalue weighted by molar-refractivity contribution is 7.07. The molecule has 0 amide bonds. The number of aliphatic imine (C=N–C) groups is 1. The van der Waals surface area contributed by atoms with Crippen molar-refractivity contribution < 1.29 is 4.74 Å². The number of thiophene rings is 1. The van der Waals surface area contributed by atoms with Crippen molar-refractivity contribution in [3.63, 3.8) is 0 Å². The second-order valence-corrected chi connectivity index (χ2v) is 7.17. The Morgan fingerprint density at radius 3 is 2.83 bits per heavy atom. The van der Waals surface area contributed by atoms with E-state index in [2.05, 4.69) is 39.4 Å². The average Bonchev–Trinajstić information content (AvgIpc) is 3.23. The van der Waals surface area contributed by atoms with Crippen LogP contribution in [0.3, 0.4) is 0 Å². The Kier molecular flexibility index (Phi) is 7.89. The van der Waals surface area contributed by atoms with Crippen LogP contribution in [0.5, 0.6) is 0 Å². The highest BCUT2D eigenvalue weighted by Gasteiger charge is 2.33. The predicted molar refractivity (Wildman–Crippen MR) is 99.4 cm³/mol. The van der Waals surface area contributed by atoms with E-state index in [1.165, 1.54) is 31.2 Å². The van der Waals surface area contributed by atoms with Gasteiger partial charge in [0.05, 0.1) is 0 Å². The lowest BCUT2D eigenvalue weighted by Gasteiger charge is -2.30. The lowest BCUT2D eigenvalue weighted by molar-refractivity contribution is 0.105. The number of guanidine groups is 1. The summed E-state index contributed by atoms with van der Waals surface area (Å²) < 4.78 is 5.59. The number of nitrogens with one attached hydrogen (secondary N) is 2. The Morgan fingerprint density at radius 2 is 2.17 bits per heavy atom. The number of nitrogens with zero attached hydrogens (tertiary/aromatic N) is 1. The maximum atomic E-state index is 5.59. The monoisotopic (exact) mass is 337 g/mol. The Labute approximate surface area is 144 Å². The van der Waals surface area contributed by atoms with Crippen LogP contribution in [0.25, 0.3) is 0 Å². The van der Waals surface area contributed by atoms with Gasteiger partial charge in [0, 0.05) is 33.4 Å². The van der Waals surface area contributed by atoms with Crippen molar-refractivity contribution in [2.24, 2.45) is 10.4 Å². The van der Waals surface area contributed by atoms with Crippen LogP contribution in [0.2, 0.25) is 0 Å². The Morgan fingerprint density at radius 1 is 1.35 bits per heavy atom. The minimum absolute atomic E-state index is 0.389. The van der Waals surface area contributed by atoms with E-state index in [0.717, 1.165) is 45.1 Å².